The molecule has 0 heteroatoms. The van der Waals surface area contributed by atoms with Crippen LogP contribution in [0.3, 0.4) is 0 Å². The Hall–Kier alpha value is -2.08. The van der Waals surface area contributed by atoms with Crippen molar-refractivity contribution in [1.82, 2.24) is 0 Å². The predicted octanol–water partition coefficient (Wildman–Crippen LogP) is 5.48. The van der Waals surface area contributed by atoms with Crippen LogP contribution < -0.4 is 0 Å². The maximum absolute atomic E-state index is 2.35. The molecule has 0 amide bonds. The highest BCUT2D eigenvalue weighted by Crippen LogP contribution is 2.29. The van der Waals surface area contributed by atoms with Crippen molar-refractivity contribution in [3.63, 3.8) is 0 Å². The zero-order valence-electron chi connectivity index (χ0n) is 11.3. The average Bonchev–Trinajstić information content (AvgIpc) is 2.49. The summed E-state index contributed by atoms with van der Waals surface area (Å²) < 4.78 is 0. The standard InChI is InChI=1S/C19H18/c1-15-7-5-6-10-19(15)18-13-11-17(12-14-18)16-8-3-2-4-9-16/h2-4,7-14H,5-6H2,1H3. The van der Waals surface area contributed by atoms with Gasteiger partial charge in [0.15, 0.2) is 0 Å². The smallest absolute Gasteiger partial charge is 0.0184 e. The van der Waals surface area contributed by atoms with Gasteiger partial charge in [0, 0.05) is 0 Å². The SMILES string of the molecule is CC1=CCCC=C1c1ccc(-c2ccccc2)cc1. The molecule has 19 heavy (non-hydrogen) atoms. The molecule has 2 aromatic carbocycles. The first-order chi connectivity index (χ1) is 9.34. The number of hydrogen-bond acceptors (Lipinski definition) is 0. The van der Waals surface area contributed by atoms with Gasteiger partial charge in [-0.05, 0) is 47.6 Å². The molecule has 0 bridgehead atoms. The Morgan fingerprint density at radius 3 is 1.89 bits per heavy atom. The first kappa shape index (κ1) is 12.0. The first-order valence-corrected chi connectivity index (χ1v) is 6.88. The normalized spacial score (nSPS) is 14.8. The quantitative estimate of drug-likeness (QED) is 0.658. The predicted molar refractivity (Wildman–Crippen MR) is 82.8 cm³/mol. The third kappa shape index (κ3) is 2.53. The van der Waals surface area contributed by atoms with Gasteiger partial charge in [0.05, 0.1) is 0 Å². The summed E-state index contributed by atoms with van der Waals surface area (Å²) in [4.78, 5) is 0. The minimum Gasteiger partial charge on any atom is -0.0807 e. The van der Waals surface area contributed by atoms with Crippen LogP contribution in [-0.4, -0.2) is 0 Å². The van der Waals surface area contributed by atoms with Gasteiger partial charge in [0.1, 0.15) is 0 Å². The van der Waals surface area contributed by atoms with Crippen LogP contribution in [0, 0.1) is 0 Å². The molecule has 0 saturated heterocycles. The summed E-state index contributed by atoms with van der Waals surface area (Å²) >= 11 is 0. The molecule has 0 spiro atoms. The van der Waals surface area contributed by atoms with Crippen LogP contribution in [0.25, 0.3) is 16.7 Å². The van der Waals surface area contributed by atoms with E-state index in [-0.39, 0.29) is 0 Å². The van der Waals surface area contributed by atoms with Gasteiger partial charge in [0.2, 0.25) is 0 Å². The van der Waals surface area contributed by atoms with Crippen molar-refractivity contribution >= 4 is 5.57 Å². The zero-order chi connectivity index (χ0) is 13.1. The number of allylic oxidation sites excluding steroid dienone is 4. The molecule has 0 unspecified atom stereocenters. The number of benzene rings is 2. The molecule has 3 rings (SSSR count). The van der Waals surface area contributed by atoms with Gasteiger partial charge in [0.25, 0.3) is 0 Å². The van der Waals surface area contributed by atoms with Crippen LogP contribution in [0.2, 0.25) is 0 Å². The van der Waals surface area contributed by atoms with E-state index >= 15 is 0 Å². The van der Waals surface area contributed by atoms with E-state index in [1.165, 1.54) is 34.3 Å². The molecule has 0 atom stereocenters. The third-order valence-electron chi connectivity index (χ3n) is 3.69. The van der Waals surface area contributed by atoms with Crippen molar-refractivity contribution in [3.05, 3.63) is 77.9 Å². The maximum Gasteiger partial charge on any atom is -0.0184 e. The Morgan fingerprint density at radius 2 is 1.21 bits per heavy atom. The van der Waals surface area contributed by atoms with Crippen LogP contribution in [0.5, 0.6) is 0 Å². The summed E-state index contributed by atoms with van der Waals surface area (Å²) in [5, 5.41) is 0. The molecule has 0 heterocycles. The van der Waals surface area contributed by atoms with E-state index < -0.39 is 0 Å². The third-order valence-corrected chi connectivity index (χ3v) is 3.69. The zero-order valence-corrected chi connectivity index (χ0v) is 11.3. The molecule has 94 valence electrons. The van der Waals surface area contributed by atoms with Crippen LogP contribution in [0.15, 0.2) is 72.3 Å². The summed E-state index contributed by atoms with van der Waals surface area (Å²) in [5.74, 6) is 0. The highest BCUT2D eigenvalue weighted by atomic mass is 14.1. The van der Waals surface area contributed by atoms with E-state index in [0.717, 1.165) is 6.42 Å². The topological polar surface area (TPSA) is 0 Å². The molecular weight excluding hydrogens is 228 g/mol. The van der Waals surface area contributed by atoms with E-state index in [1.807, 2.05) is 0 Å². The molecule has 0 fully saturated rings. The summed E-state index contributed by atoms with van der Waals surface area (Å²) in [6.07, 6.45) is 7.03. The van der Waals surface area contributed by atoms with E-state index in [1.54, 1.807) is 0 Å². The van der Waals surface area contributed by atoms with Gasteiger partial charge in [-0.1, -0.05) is 66.7 Å². The first-order valence-electron chi connectivity index (χ1n) is 6.88. The maximum atomic E-state index is 2.35. The summed E-state index contributed by atoms with van der Waals surface area (Å²) in [6, 6.07) is 19.4. The lowest BCUT2D eigenvalue weighted by Crippen LogP contribution is -1.91. The lowest BCUT2D eigenvalue weighted by Gasteiger charge is -2.13. The largest absolute Gasteiger partial charge is 0.0807 e. The van der Waals surface area contributed by atoms with Gasteiger partial charge in [-0.2, -0.15) is 0 Å². The van der Waals surface area contributed by atoms with Gasteiger partial charge in [-0.25, -0.2) is 0 Å². The molecular formula is C19H18. The van der Waals surface area contributed by atoms with Gasteiger partial charge < -0.3 is 0 Å². The molecule has 1 aliphatic rings. The van der Waals surface area contributed by atoms with E-state index in [2.05, 4.69) is 73.7 Å². The summed E-state index contributed by atoms with van der Waals surface area (Å²) in [5.41, 5.74) is 6.68. The molecule has 0 aromatic heterocycles. The Kier molecular flexibility index (Phi) is 3.33. The average molecular weight is 246 g/mol. The monoisotopic (exact) mass is 246 g/mol. The second-order valence-corrected chi connectivity index (χ2v) is 5.03. The van der Waals surface area contributed by atoms with Crippen molar-refractivity contribution in [2.24, 2.45) is 0 Å². The number of hydrogen-bond donors (Lipinski definition) is 0. The van der Waals surface area contributed by atoms with Crippen molar-refractivity contribution in [2.75, 3.05) is 0 Å². The van der Waals surface area contributed by atoms with Crippen molar-refractivity contribution in [3.8, 4) is 11.1 Å². The van der Waals surface area contributed by atoms with E-state index in [9.17, 15) is 0 Å². The highest BCUT2D eigenvalue weighted by molar-refractivity contribution is 5.80. The Bertz CT molecular complexity index is 613. The van der Waals surface area contributed by atoms with Gasteiger partial charge >= 0.3 is 0 Å². The van der Waals surface area contributed by atoms with Crippen LogP contribution in [-0.2, 0) is 0 Å². The van der Waals surface area contributed by atoms with Gasteiger partial charge in [-0.3, -0.25) is 0 Å². The van der Waals surface area contributed by atoms with Crippen molar-refractivity contribution in [1.29, 1.82) is 0 Å². The molecule has 0 N–H and O–H groups in total. The number of rotatable bonds is 2. The second-order valence-electron chi connectivity index (χ2n) is 5.03. The lowest BCUT2D eigenvalue weighted by atomic mass is 9.92. The Labute approximate surface area is 115 Å². The second kappa shape index (κ2) is 5.27. The Balaban J connectivity index is 1.92. The summed E-state index contributed by atoms with van der Waals surface area (Å²) in [7, 11) is 0. The molecule has 0 saturated carbocycles. The van der Waals surface area contributed by atoms with Crippen LogP contribution >= 0.6 is 0 Å². The van der Waals surface area contributed by atoms with E-state index in [4.69, 9.17) is 0 Å². The van der Waals surface area contributed by atoms with Crippen LogP contribution in [0.1, 0.15) is 25.3 Å². The summed E-state index contributed by atoms with van der Waals surface area (Å²) in [6.45, 7) is 2.20. The fourth-order valence-corrected chi connectivity index (χ4v) is 2.62. The molecule has 0 radical (unpaired) electrons. The fraction of sp³-hybridized carbons (Fsp3) is 0.158. The highest BCUT2D eigenvalue weighted by Gasteiger charge is 2.07. The fourth-order valence-electron chi connectivity index (χ4n) is 2.62. The minimum absolute atomic E-state index is 1.16. The molecule has 0 nitrogen and oxygen atoms in total. The Morgan fingerprint density at radius 1 is 0.632 bits per heavy atom. The van der Waals surface area contributed by atoms with Gasteiger partial charge in [-0.15, -0.1) is 0 Å². The molecule has 1 aliphatic carbocycles. The minimum atomic E-state index is 1.16. The lowest BCUT2D eigenvalue weighted by molar-refractivity contribution is 1.02. The van der Waals surface area contributed by atoms with E-state index in [0.29, 0.717) is 0 Å². The molecule has 0 aliphatic heterocycles. The molecule has 2 aromatic rings. The van der Waals surface area contributed by atoms with Crippen LogP contribution in [0.4, 0.5) is 0 Å². The van der Waals surface area contributed by atoms with Crippen molar-refractivity contribution in [2.45, 2.75) is 19.8 Å². The van der Waals surface area contributed by atoms with Crippen molar-refractivity contribution < 1.29 is 0 Å².